The lowest BCUT2D eigenvalue weighted by Crippen LogP contribution is -2.46. The second-order valence-electron chi connectivity index (χ2n) is 4.69. The van der Waals surface area contributed by atoms with Crippen molar-refractivity contribution in [2.24, 2.45) is 0 Å². The standard InChI is InChI=1S/C13H15F2N3O3/c14-9-5-8(13(20)21)11(6-10(9)15)17-12(19)7-18-3-1-16-2-4-18/h5-6,16H,1-4,7H2,(H,17,19)(H,20,21). The van der Waals surface area contributed by atoms with Gasteiger partial charge in [-0.1, -0.05) is 0 Å². The van der Waals surface area contributed by atoms with E-state index in [1.165, 1.54) is 0 Å². The Balaban J connectivity index is 2.09. The molecule has 6 nitrogen and oxygen atoms in total. The first-order chi connectivity index (χ1) is 9.97. The molecular weight excluding hydrogens is 284 g/mol. The van der Waals surface area contributed by atoms with Crippen molar-refractivity contribution < 1.29 is 23.5 Å². The maximum absolute atomic E-state index is 13.2. The minimum atomic E-state index is -1.44. The van der Waals surface area contributed by atoms with Gasteiger partial charge in [0.1, 0.15) is 0 Å². The maximum Gasteiger partial charge on any atom is 0.337 e. The number of piperazine rings is 1. The number of nitrogens with one attached hydrogen (secondary N) is 2. The number of carbonyl (C=O) groups is 2. The predicted octanol–water partition coefficient (Wildman–Crippen LogP) is 0.507. The summed E-state index contributed by atoms with van der Waals surface area (Å²) in [5.41, 5.74) is -0.732. The first-order valence-corrected chi connectivity index (χ1v) is 6.42. The minimum Gasteiger partial charge on any atom is -0.478 e. The number of anilines is 1. The highest BCUT2D eigenvalue weighted by Crippen LogP contribution is 2.20. The number of nitrogens with zero attached hydrogens (tertiary/aromatic N) is 1. The van der Waals surface area contributed by atoms with Crippen LogP contribution in [0.15, 0.2) is 12.1 Å². The number of carboxylic acid groups (broad SMARTS) is 1. The van der Waals surface area contributed by atoms with Crippen LogP contribution in [0.1, 0.15) is 10.4 Å². The number of aromatic carboxylic acids is 1. The molecule has 114 valence electrons. The molecule has 21 heavy (non-hydrogen) atoms. The van der Waals surface area contributed by atoms with E-state index in [0.29, 0.717) is 25.2 Å². The summed E-state index contributed by atoms with van der Waals surface area (Å²) in [5, 5.41) is 14.4. The van der Waals surface area contributed by atoms with E-state index in [4.69, 9.17) is 5.11 Å². The highest BCUT2D eigenvalue weighted by molar-refractivity contribution is 6.01. The van der Waals surface area contributed by atoms with Crippen LogP contribution in [-0.4, -0.2) is 54.6 Å². The number of hydrogen-bond acceptors (Lipinski definition) is 4. The molecule has 0 spiro atoms. The van der Waals surface area contributed by atoms with Crippen LogP contribution in [0.2, 0.25) is 0 Å². The Bertz CT molecular complexity index is 560. The van der Waals surface area contributed by atoms with Crippen molar-refractivity contribution in [3.8, 4) is 0 Å². The lowest BCUT2D eigenvalue weighted by Gasteiger charge is -2.26. The van der Waals surface area contributed by atoms with E-state index in [1.807, 2.05) is 4.90 Å². The summed E-state index contributed by atoms with van der Waals surface area (Å²) in [6.07, 6.45) is 0. The van der Waals surface area contributed by atoms with Gasteiger partial charge in [-0.05, 0) is 6.07 Å². The third kappa shape index (κ3) is 3.96. The van der Waals surface area contributed by atoms with Gasteiger partial charge in [0.2, 0.25) is 5.91 Å². The third-order valence-corrected chi connectivity index (χ3v) is 3.14. The molecule has 0 radical (unpaired) electrons. The van der Waals surface area contributed by atoms with Gasteiger partial charge in [0, 0.05) is 32.2 Å². The Morgan fingerprint density at radius 3 is 2.48 bits per heavy atom. The summed E-state index contributed by atoms with van der Waals surface area (Å²) >= 11 is 0. The highest BCUT2D eigenvalue weighted by atomic mass is 19.2. The Hall–Kier alpha value is -2.06. The normalized spacial score (nSPS) is 15.7. The molecule has 8 heteroatoms. The average Bonchev–Trinajstić information content (AvgIpc) is 2.43. The van der Waals surface area contributed by atoms with E-state index in [2.05, 4.69) is 10.6 Å². The first-order valence-electron chi connectivity index (χ1n) is 6.42. The second kappa shape index (κ2) is 6.59. The summed E-state index contributed by atoms with van der Waals surface area (Å²) in [6.45, 7) is 2.98. The van der Waals surface area contributed by atoms with Gasteiger partial charge in [0.25, 0.3) is 0 Å². The van der Waals surface area contributed by atoms with Crippen LogP contribution in [0, 0.1) is 11.6 Å². The van der Waals surface area contributed by atoms with E-state index < -0.39 is 29.1 Å². The van der Waals surface area contributed by atoms with Crippen LogP contribution < -0.4 is 10.6 Å². The molecule has 0 aromatic heterocycles. The molecule has 1 heterocycles. The lowest BCUT2D eigenvalue weighted by molar-refractivity contribution is -0.117. The summed E-state index contributed by atoms with van der Waals surface area (Å²) in [7, 11) is 0. The zero-order chi connectivity index (χ0) is 15.4. The Kier molecular flexibility index (Phi) is 4.81. The van der Waals surface area contributed by atoms with E-state index in [1.54, 1.807) is 0 Å². The third-order valence-electron chi connectivity index (χ3n) is 3.14. The first kappa shape index (κ1) is 15.3. The molecular formula is C13H15F2N3O3. The Morgan fingerprint density at radius 2 is 1.86 bits per heavy atom. The van der Waals surface area contributed by atoms with E-state index >= 15 is 0 Å². The lowest BCUT2D eigenvalue weighted by atomic mass is 10.1. The van der Waals surface area contributed by atoms with Gasteiger partial charge in [0.05, 0.1) is 17.8 Å². The van der Waals surface area contributed by atoms with Gasteiger partial charge in [-0.2, -0.15) is 0 Å². The molecule has 2 rings (SSSR count). The van der Waals surface area contributed by atoms with Crippen molar-refractivity contribution in [2.75, 3.05) is 38.0 Å². The van der Waals surface area contributed by atoms with Crippen LogP contribution in [-0.2, 0) is 4.79 Å². The van der Waals surface area contributed by atoms with Crippen molar-refractivity contribution >= 4 is 17.6 Å². The second-order valence-corrected chi connectivity index (χ2v) is 4.69. The maximum atomic E-state index is 13.2. The van der Waals surface area contributed by atoms with Gasteiger partial charge >= 0.3 is 5.97 Å². The van der Waals surface area contributed by atoms with E-state index in [9.17, 15) is 18.4 Å². The number of benzene rings is 1. The summed E-state index contributed by atoms with van der Waals surface area (Å²) in [6, 6.07) is 1.23. The topological polar surface area (TPSA) is 81.7 Å². The van der Waals surface area contributed by atoms with Crippen LogP contribution in [0.4, 0.5) is 14.5 Å². The fourth-order valence-corrected chi connectivity index (χ4v) is 2.09. The number of hydrogen-bond donors (Lipinski definition) is 3. The van der Waals surface area contributed by atoms with Gasteiger partial charge in [-0.15, -0.1) is 0 Å². The highest BCUT2D eigenvalue weighted by Gasteiger charge is 2.19. The summed E-state index contributed by atoms with van der Waals surface area (Å²) < 4.78 is 26.3. The summed E-state index contributed by atoms with van der Waals surface area (Å²) in [5.74, 6) is -4.39. The molecule has 1 aliphatic rings. The number of carboxylic acids is 1. The molecule has 1 aromatic carbocycles. The van der Waals surface area contributed by atoms with Gasteiger partial charge < -0.3 is 15.7 Å². The molecule has 3 N–H and O–H groups in total. The largest absolute Gasteiger partial charge is 0.478 e. The molecule has 1 fully saturated rings. The van der Waals surface area contributed by atoms with E-state index in [0.717, 1.165) is 13.1 Å². The Morgan fingerprint density at radius 1 is 1.24 bits per heavy atom. The van der Waals surface area contributed by atoms with Crippen LogP contribution in [0.3, 0.4) is 0 Å². The predicted molar refractivity (Wildman–Crippen MR) is 71.3 cm³/mol. The number of amides is 1. The van der Waals surface area contributed by atoms with Crippen molar-refractivity contribution in [1.29, 1.82) is 0 Å². The van der Waals surface area contributed by atoms with Crippen molar-refractivity contribution in [3.63, 3.8) is 0 Å². The molecule has 1 amide bonds. The van der Waals surface area contributed by atoms with Gasteiger partial charge in [0.15, 0.2) is 11.6 Å². The molecule has 0 saturated carbocycles. The Labute approximate surface area is 119 Å². The van der Waals surface area contributed by atoms with Crippen molar-refractivity contribution in [2.45, 2.75) is 0 Å². The van der Waals surface area contributed by atoms with Gasteiger partial charge in [-0.3, -0.25) is 9.69 Å². The smallest absolute Gasteiger partial charge is 0.337 e. The van der Waals surface area contributed by atoms with Crippen LogP contribution >= 0.6 is 0 Å². The van der Waals surface area contributed by atoms with Crippen molar-refractivity contribution in [1.82, 2.24) is 10.2 Å². The van der Waals surface area contributed by atoms with Crippen LogP contribution in [0.25, 0.3) is 0 Å². The minimum absolute atomic E-state index is 0.0692. The monoisotopic (exact) mass is 299 g/mol. The molecule has 0 aliphatic carbocycles. The van der Waals surface area contributed by atoms with Crippen LogP contribution in [0.5, 0.6) is 0 Å². The number of carbonyl (C=O) groups excluding carboxylic acids is 1. The van der Waals surface area contributed by atoms with Gasteiger partial charge in [-0.25, -0.2) is 13.6 Å². The molecule has 0 bridgehead atoms. The SMILES string of the molecule is O=C(CN1CCNCC1)Nc1cc(F)c(F)cc1C(=O)O. The zero-order valence-corrected chi connectivity index (χ0v) is 11.2. The zero-order valence-electron chi connectivity index (χ0n) is 11.2. The molecule has 1 aromatic rings. The van der Waals surface area contributed by atoms with Crippen molar-refractivity contribution in [3.05, 3.63) is 29.3 Å². The molecule has 0 atom stereocenters. The number of halogens is 2. The molecule has 0 unspecified atom stereocenters. The quantitative estimate of drug-likeness (QED) is 0.754. The molecule has 1 aliphatic heterocycles. The number of rotatable bonds is 4. The fourth-order valence-electron chi connectivity index (χ4n) is 2.09. The molecule has 1 saturated heterocycles. The average molecular weight is 299 g/mol. The van der Waals surface area contributed by atoms with E-state index in [-0.39, 0.29) is 12.2 Å². The fraction of sp³-hybridized carbons (Fsp3) is 0.385. The summed E-state index contributed by atoms with van der Waals surface area (Å²) in [4.78, 5) is 24.7.